The summed E-state index contributed by atoms with van der Waals surface area (Å²) in [5.74, 6) is -3.07. The number of carbonyl (C=O) groups excluding carboxylic acids is 1. The Balaban J connectivity index is 1.87. The first kappa shape index (κ1) is 21.6. The predicted molar refractivity (Wildman–Crippen MR) is 104 cm³/mol. The average Bonchev–Trinajstić information content (AvgIpc) is 3.26. The summed E-state index contributed by atoms with van der Waals surface area (Å²) in [4.78, 5) is 12.6. The van der Waals surface area contributed by atoms with Crippen LogP contribution in [0.15, 0.2) is 41.7 Å². The summed E-state index contributed by atoms with van der Waals surface area (Å²) in [7, 11) is 3.20. The van der Waals surface area contributed by atoms with E-state index in [9.17, 15) is 22.3 Å². The molecule has 2 unspecified atom stereocenters. The number of nitrogens with zero attached hydrogens (tertiary/aromatic N) is 3. The van der Waals surface area contributed by atoms with Crippen LogP contribution in [0.5, 0.6) is 5.75 Å². The molecule has 0 spiro atoms. The van der Waals surface area contributed by atoms with Crippen LogP contribution in [0, 0.1) is 11.6 Å². The number of hydrogen-bond donors (Lipinski definition) is 3. The Bertz CT molecular complexity index is 1110. The van der Waals surface area contributed by atoms with Crippen molar-refractivity contribution >= 4 is 22.7 Å². The topological polar surface area (TPSA) is 124 Å². The van der Waals surface area contributed by atoms with E-state index in [1.165, 1.54) is 23.9 Å². The summed E-state index contributed by atoms with van der Waals surface area (Å²) in [5.41, 5.74) is 6.66. The lowest BCUT2D eigenvalue weighted by atomic mass is 10.2. The number of aryl methyl sites for hydroxylation is 2. The number of benzene rings is 1. The van der Waals surface area contributed by atoms with Crippen LogP contribution < -0.4 is 15.8 Å². The molecule has 2 heterocycles. The smallest absolute Gasteiger partial charge is 0.276 e. The minimum atomic E-state index is -2.45. The molecule has 0 fully saturated rings. The Morgan fingerprint density at radius 1 is 1.33 bits per heavy atom. The second-order valence-electron chi connectivity index (χ2n) is 6.48. The van der Waals surface area contributed by atoms with Gasteiger partial charge < -0.3 is 24.9 Å². The molecule has 9 nitrogen and oxygen atoms in total. The molecule has 0 aliphatic carbocycles. The van der Waals surface area contributed by atoms with Crippen molar-refractivity contribution in [2.24, 2.45) is 19.8 Å². The highest BCUT2D eigenvalue weighted by Crippen LogP contribution is 2.30. The third kappa shape index (κ3) is 4.56. The van der Waals surface area contributed by atoms with Gasteiger partial charge in [0.15, 0.2) is 34.2 Å². The standard InChI is InChI=1S/C18H19F2N5O4S/c1-24-8-15(30(27)28)17(29-9-14(21)10-6-22-25(2)7-10)16(24)18(26)23-11-3-4-12(19)13(20)5-11/h3-8,14H,9,21H2,1-2H3,(H,23,26)(H,27,28). The molecule has 3 rings (SSSR count). The predicted octanol–water partition coefficient (Wildman–Crippen LogP) is 1.95. The van der Waals surface area contributed by atoms with Crippen LogP contribution in [0.2, 0.25) is 0 Å². The normalized spacial score (nSPS) is 13.1. The van der Waals surface area contributed by atoms with E-state index < -0.39 is 34.7 Å². The summed E-state index contributed by atoms with van der Waals surface area (Å²) in [6, 6.07) is 2.26. The van der Waals surface area contributed by atoms with E-state index in [4.69, 9.17) is 10.5 Å². The first-order valence-electron chi connectivity index (χ1n) is 8.61. The number of halogens is 2. The van der Waals surface area contributed by atoms with Gasteiger partial charge in [0.05, 0.1) is 12.2 Å². The number of ether oxygens (including phenoxy) is 1. The summed E-state index contributed by atoms with van der Waals surface area (Å²) < 4.78 is 56.3. The first-order chi connectivity index (χ1) is 14.2. The van der Waals surface area contributed by atoms with Crippen molar-refractivity contribution in [3.8, 4) is 5.75 Å². The maximum absolute atomic E-state index is 13.4. The van der Waals surface area contributed by atoms with Gasteiger partial charge in [-0.2, -0.15) is 5.10 Å². The molecule has 1 amide bonds. The Hall–Kier alpha value is -3.09. The molecule has 160 valence electrons. The number of hydrogen-bond acceptors (Lipinski definition) is 5. The van der Waals surface area contributed by atoms with Crippen LogP contribution in [0.1, 0.15) is 22.1 Å². The molecule has 0 saturated heterocycles. The zero-order chi connectivity index (χ0) is 22.0. The van der Waals surface area contributed by atoms with E-state index in [0.29, 0.717) is 5.56 Å². The van der Waals surface area contributed by atoms with E-state index in [1.807, 2.05) is 0 Å². The molecule has 30 heavy (non-hydrogen) atoms. The molecule has 1 aromatic carbocycles. The molecule has 2 atom stereocenters. The summed E-state index contributed by atoms with van der Waals surface area (Å²) in [5, 5.41) is 6.43. The number of rotatable bonds is 7. The van der Waals surface area contributed by atoms with Gasteiger partial charge in [0.1, 0.15) is 11.5 Å². The first-order valence-corrected chi connectivity index (χ1v) is 9.71. The maximum atomic E-state index is 13.4. The van der Waals surface area contributed by atoms with E-state index in [0.717, 1.165) is 12.1 Å². The Labute approximate surface area is 172 Å². The van der Waals surface area contributed by atoms with Crippen LogP contribution in [0.25, 0.3) is 0 Å². The second-order valence-corrected chi connectivity index (χ2v) is 7.42. The van der Waals surface area contributed by atoms with E-state index in [1.54, 1.807) is 24.1 Å². The van der Waals surface area contributed by atoms with Crippen LogP contribution in [0.3, 0.4) is 0 Å². The second kappa shape index (κ2) is 8.73. The van der Waals surface area contributed by atoms with Crippen LogP contribution in [-0.2, 0) is 25.2 Å². The average molecular weight is 439 g/mol. The molecular weight excluding hydrogens is 420 g/mol. The quantitative estimate of drug-likeness (QED) is 0.484. The fourth-order valence-electron chi connectivity index (χ4n) is 2.77. The van der Waals surface area contributed by atoms with Crippen molar-refractivity contribution in [3.05, 3.63) is 59.7 Å². The lowest BCUT2D eigenvalue weighted by Crippen LogP contribution is -2.21. The van der Waals surface area contributed by atoms with Gasteiger partial charge in [-0.25, -0.2) is 13.0 Å². The molecule has 0 bridgehead atoms. The lowest BCUT2D eigenvalue weighted by Gasteiger charge is -2.14. The third-order valence-corrected chi connectivity index (χ3v) is 4.91. The number of anilines is 1. The van der Waals surface area contributed by atoms with E-state index >= 15 is 0 Å². The summed E-state index contributed by atoms with van der Waals surface area (Å²) in [6.45, 7) is -0.106. The van der Waals surface area contributed by atoms with Crippen molar-refractivity contribution < 1.29 is 27.1 Å². The van der Waals surface area contributed by atoms with Crippen molar-refractivity contribution in [2.45, 2.75) is 10.9 Å². The highest BCUT2D eigenvalue weighted by Gasteiger charge is 2.26. The van der Waals surface area contributed by atoms with Crippen LogP contribution in [-0.4, -0.2) is 35.6 Å². The Morgan fingerprint density at radius 2 is 2.07 bits per heavy atom. The maximum Gasteiger partial charge on any atom is 0.276 e. The molecule has 2 aromatic heterocycles. The van der Waals surface area contributed by atoms with Crippen LogP contribution >= 0.6 is 0 Å². The molecular formula is C18H19F2N5O4S. The molecule has 0 saturated carbocycles. The molecule has 0 aliphatic heterocycles. The number of amides is 1. The van der Waals surface area contributed by atoms with Gasteiger partial charge in [-0.05, 0) is 12.1 Å². The zero-order valence-electron chi connectivity index (χ0n) is 16.0. The summed E-state index contributed by atoms with van der Waals surface area (Å²) >= 11 is -2.45. The van der Waals surface area contributed by atoms with Crippen molar-refractivity contribution in [3.63, 3.8) is 0 Å². The van der Waals surface area contributed by atoms with Gasteiger partial charge >= 0.3 is 0 Å². The monoisotopic (exact) mass is 439 g/mol. The Morgan fingerprint density at radius 3 is 2.67 bits per heavy atom. The van der Waals surface area contributed by atoms with Crippen molar-refractivity contribution in [1.82, 2.24) is 14.3 Å². The number of carbonyl (C=O) groups is 1. The summed E-state index contributed by atoms with van der Waals surface area (Å²) in [6.07, 6.45) is 4.52. The number of aromatic nitrogens is 3. The molecule has 12 heteroatoms. The van der Waals surface area contributed by atoms with E-state index in [2.05, 4.69) is 10.4 Å². The number of nitrogens with one attached hydrogen (secondary N) is 1. The van der Waals surface area contributed by atoms with Gasteiger partial charge in [0.25, 0.3) is 5.91 Å². The van der Waals surface area contributed by atoms with Gasteiger partial charge in [0, 0.05) is 43.8 Å². The van der Waals surface area contributed by atoms with E-state index in [-0.39, 0.29) is 28.6 Å². The SMILES string of the molecule is Cn1cc(C(N)COc2c(S(=O)O)cn(C)c2C(=O)Nc2ccc(F)c(F)c2)cn1. The van der Waals surface area contributed by atoms with Crippen molar-refractivity contribution in [1.29, 1.82) is 0 Å². The van der Waals surface area contributed by atoms with Crippen LogP contribution in [0.4, 0.5) is 14.5 Å². The fraction of sp³-hybridized carbons (Fsp3) is 0.222. The molecule has 3 aromatic rings. The third-order valence-electron chi connectivity index (χ3n) is 4.24. The minimum absolute atomic E-state index is 0.00443. The highest BCUT2D eigenvalue weighted by molar-refractivity contribution is 7.79. The highest BCUT2D eigenvalue weighted by atomic mass is 32.2. The molecule has 0 radical (unpaired) electrons. The zero-order valence-corrected chi connectivity index (χ0v) is 16.8. The minimum Gasteiger partial charge on any atom is -0.488 e. The van der Waals surface area contributed by atoms with Gasteiger partial charge in [-0.15, -0.1) is 0 Å². The molecule has 4 N–H and O–H groups in total. The van der Waals surface area contributed by atoms with Gasteiger partial charge in [-0.3, -0.25) is 9.48 Å². The van der Waals surface area contributed by atoms with Gasteiger partial charge in [-0.1, -0.05) is 0 Å². The number of nitrogens with two attached hydrogens (primary N) is 1. The largest absolute Gasteiger partial charge is 0.488 e. The molecule has 0 aliphatic rings. The Kier molecular flexibility index (Phi) is 6.29. The lowest BCUT2D eigenvalue weighted by molar-refractivity contribution is 0.101. The van der Waals surface area contributed by atoms with Crippen molar-refractivity contribution in [2.75, 3.05) is 11.9 Å². The van der Waals surface area contributed by atoms with Gasteiger partial charge in [0.2, 0.25) is 0 Å². The fourth-order valence-corrected chi connectivity index (χ4v) is 3.33.